The molecule has 24 heavy (non-hydrogen) atoms. The molecule has 0 unspecified atom stereocenters. The normalized spacial score (nSPS) is 14.5. The summed E-state index contributed by atoms with van der Waals surface area (Å²) in [6, 6.07) is 8.03. The summed E-state index contributed by atoms with van der Waals surface area (Å²) in [6.45, 7) is 4.39. The molecule has 3 rings (SSSR count). The van der Waals surface area contributed by atoms with Gasteiger partial charge in [0.15, 0.2) is 5.82 Å². The molecule has 2 heterocycles. The lowest BCUT2D eigenvalue weighted by atomic mass is 10.1. The molecule has 0 aliphatic carbocycles. The van der Waals surface area contributed by atoms with Crippen LogP contribution in [0.3, 0.4) is 0 Å². The van der Waals surface area contributed by atoms with Gasteiger partial charge in [-0.25, -0.2) is 9.97 Å². The first-order valence-electron chi connectivity index (χ1n) is 8.04. The fourth-order valence-electron chi connectivity index (χ4n) is 2.72. The number of carbonyl (C=O) groups is 1. The van der Waals surface area contributed by atoms with Gasteiger partial charge in [-0.05, 0) is 13.0 Å². The average Bonchev–Trinajstić information content (AvgIpc) is 2.61. The SMILES string of the molecule is Cc1cccc(-c2ncc(C(=O)N3CCOCC3)c(N(C)C)n2)c1. The maximum Gasteiger partial charge on any atom is 0.259 e. The van der Waals surface area contributed by atoms with E-state index in [2.05, 4.69) is 9.97 Å². The number of rotatable bonds is 3. The van der Waals surface area contributed by atoms with Crippen LogP contribution in [-0.4, -0.2) is 61.2 Å². The molecule has 6 heteroatoms. The van der Waals surface area contributed by atoms with Crippen molar-refractivity contribution in [3.63, 3.8) is 0 Å². The van der Waals surface area contributed by atoms with Crippen LogP contribution in [-0.2, 0) is 4.74 Å². The van der Waals surface area contributed by atoms with Gasteiger partial charge in [0.2, 0.25) is 0 Å². The Morgan fingerprint density at radius 1 is 1.25 bits per heavy atom. The highest BCUT2D eigenvalue weighted by molar-refractivity contribution is 5.99. The fraction of sp³-hybridized carbons (Fsp3) is 0.389. The first-order valence-corrected chi connectivity index (χ1v) is 8.04. The van der Waals surface area contributed by atoms with E-state index in [1.165, 1.54) is 0 Å². The summed E-state index contributed by atoms with van der Waals surface area (Å²) in [7, 11) is 3.77. The van der Waals surface area contributed by atoms with Crippen molar-refractivity contribution in [2.24, 2.45) is 0 Å². The second kappa shape index (κ2) is 6.97. The molecular weight excluding hydrogens is 304 g/mol. The minimum Gasteiger partial charge on any atom is -0.378 e. The Morgan fingerprint density at radius 2 is 2.00 bits per heavy atom. The molecule has 0 bridgehead atoms. The Balaban J connectivity index is 1.97. The Kier molecular flexibility index (Phi) is 4.76. The van der Waals surface area contributed by atoms with Crippen LogP contribution < -0.4 is 4.90 Å². The first kappa shape index (κ1) is 16.4. The number of aryl methyl sites for hydroxylation is 1. The summed E-state index contributed by atoms with van der Waals surface area (Å²) < 4.78 is 5.32. The molecule has 1 amide bonds. The number of ether oxygens (including phenoxy) is 1. The number of hydrogen-bond acceptors (Lipinski definition) is 5. The van der Waals surface area contributed by atoms with Gasteiger partial charge in [-0.3, -0.25) is 4.79 Å². The van der Waals surface area contributed by atoms with Crippen LogP contribution in [0, 0.1) is 6.92 Å². The second-order valence-corrected chi connectivity index (χ2v) is 6.10. The van der Waals surface area contributed by atoms with Gasteiger partial charge in [0.25, 0.3) is 5.91 Å². The molecule has 1 fully saturated rings. The van der Waals surface area contributed by atoms with Gasteiger partial charge in [-0.2, -0.15) is 0 Å². The van der Waals surface area contributed by atoms with Crippen molar-refractivity contribution in [3.05, 3.63) is 41.6 Å². The van der Waals surface area contributed by atoms with Crippen LogP contribution in [0.2, 0.25) is 0 Å². The van der Waals surface area contributed by atoms with Crippen LogP contribution in [0.4, 0.5) is 5.82 Å². The monoisotopic (exact) mass is 326 g/mol. The van der Waals surface area contributed by atoms with E-state index >= 15 is 0 Å². The molecule has 1 aromatic carbocycles. The summed E-state index contributed by atoms with van der Waals surface area (Å²) in [6.07, 6.45) is 1.64. The van der Waals surface area contributed by atoms with Crippen molar-refractivity contribution in [3.8, 4) is 11.4 Å². The predicted molar refractivity (Wildman–Crippen MR) is 93.3 cm³/mol. The Morgan fingerprint density at radius 3 is 2.67 bits per heavy atom. The van der Waals surface area contributed by atoms with Gasteiger partial charge in [0, 0.05) is 38.9 Å². The number of nitrogens with zero attached hydrogens (tertiary/aromatic N) is 4. The minimum absolute atomic E-state index is 0.0437. The van der Waals surface area contributed by atoms with E-state index in [0.717, 1.165) is 11.1 Å². The highest BCUT2D eigenvalue weighted by Gasteiger charge is 2.23. The number of anilines is 1. The van der Waals surface area contributed by atoms with Crippen molar-refractivity contribution in [2.75, 3.05) is 45.3 Å². The molecule has 0 N–H and O–H groups in total. The second-order valence-electron chi connectivity index (χ2n) is 6.10. The van der Waals surface area contributed by atoms with Crippen LogP contribution in [0.15, 0.2) is 30.5 Å². The highest BCUT2D eigenvalue weighted by atomic mass is 16.5. The average molecular weight is 326 g/mol. The molecule has 1 aliphatic heterocycles. The lowest BCUT2D eigenvalue weighted by molar-refractivity contribution is 0.0303. The number of carbonyl (C=O) groups excluding carboxylic acids is 1. The quantitative estimate of drug-likeness (QED) is 0.863. The Labute approximate surface area is 142 Å². The molecule has 1 aliphatic rings. The third kappa shape index (κ3) is 3.38. The van der Waals surface area contributed by atoms with Crippen LogP contribution in [0.25, 0.3) is 11.4 Å². The van der Waals surface area contributed by atoms with Gasteiger partial charge >= 0.3 is 0 Å². The van der Waals surface area contributed by atoms with Crippen LogP contribution in [0.1, 0.15) is 15.9 Å². The summed E-state index contributed by atoms with van der Waals surface area (Å²) in [5.41, 5.74) is 2.62. The van der Waals surface area contributed by atoms with E-state index in [1.54, 1.807) is 11.1 Å². The Hall–Kier alpha value is -2.47. The van der Waals surface area contributed by atoms with Crippen molar-refractivity contribution in [2.45, 2.75) is 6.92 Å². The van der Waals surface area contributed by atoms with Crippen molar-refractivity contribution >= 4 is 11.7 Å². The summed E-state index contributed by atoms with van der Waals surface area (Å²) >= 11 is 0. The van der Waals surface area contributed by atoms with Gasteiger partial charge in [0.1, 0.15) is 11.4 Å². The maximum atomic E-state index is 12.8. The molecule has 0 atom stereocenters. The van der Waals surface area contributed by atoms with Crippen molar-refractivity contribution < 1.29 is 9.53 Å². The zero-order valence-corrected chi connectivity index (χ0v) is 14.3. The van der Waals surface area contributed by atoms with Crippen LogP contribution in [0.5, 0.6) is 0 Å². The third-order valence-electron chi connectivity index (χ3n) is 4.00. The number of morpholine rings is 1. The number of benzene rings is 1. The molecule has 1 saturated heterocycles. The molecule has 1 aromatic heterocycles. The summed E-state index contributed by atoms with van der Waals surface area (Å²) in [5.74, 6) is 1.22. The molecule has 126 valence electrons. The zero-order valence-electron chi connectivity index (χ0n) is 14.3. The van der Waals surface area contributed by atoms with Crippen molar-refractivity contribution in [1.82, 2.24) is 14.9 Å². The van der Waals surface area contributed by atoms with Gasteiger partial charge in [0.05, 0.1) is 13.2 Å². The molecule has 0 spiro atoms. The zero-order chi connectivity index (χ0) is 17.1. The van der Waals surface area contributed by atoms with E-state index in [1.807, 2.05) is 50.2 Å². The van der Waals surface area contributed by atoms with Crippen LogP contribution >= 0.6 is 0 Å². The molecule has 6 nitrogen and oxygen atoms in total. The van der Waals surface area contributed by atoms with E-state index in [4.69, 9.17) is 4.74 Å². The summed E-state index contributed by atoms with van der Waals surface area (Å²) in [4.78, 5) is 25.5. The number of aromatic nitrogens is 2. The fourth-order valence-corrected chi connectivity index (χ4v) is 2.72. The summed E-state index contributed by atoms with van der Waals surface area (Å²) in [5, 5.41) is 0. The lowest BCUT2D eigenvalue weighted by Gasteiger charge is -2.28. The predicted octanol–water partition coefficient (Wildman–Crippen LogP) is 1.99. The Bertz CT molecular complexity index is 740. The minimum atomic E-state index is -0.0437. The standard InChI is InChI=1S/C18H22N4O2/c1-13-5-4-6-14(11-13)16-19-12-15(17(20-16)21(2)3)18(23)22-7-9-24-10-8-22/h4-6,11-12H,7-10H2,1-3H3. The molecular formula is C18H22N4O2. The van der Waals surface area contributed by atoms with E-state index < -0.39 is 0 Å². The smallest absolute Gasteiger partial charge is 0.259 e. The van der Waals surface area contributed by atoms with E-state index in [-0.39, 0.29) is 5.91 Å². The number of hydrogen-bond donors (Lipinski definition) is 0. The molecule has 2 aromatic rings. The lowest BCUT2D eigenvalue weighted by Crippen LogP contribution is -2.41. The highest BCUT2D eigenvalue weighted by Crippen LogP contribution is 2.23. The van der Waals surface area contributed by atoms with Gasteiger partial charge < -0.3 is 14.5 Å². The maximum absolute atomic E-state index is 12.8. The molecule has 0 saturated carbocycles. The topological polar surface area (TPSA) is 58.6 Å². The number of amides is 1. The largest absolute Gasteiger partial charge is 0.378 e. The third-order valence-corrected chi connectivity index (χ3v) is 4.00. The molecule has 0 radical (unpaired) electrons. The first-order chi connectivity index (χ1) is 11.6. The van der Waals surface area contributed by atoms with Gasteiger partial charge in [-0.15, -0.1) is 0 Å². The van der Waals surface area contributed by atoms with Gasteiger partial charge in [-0.1, -0.05) is 23.8 Å². The van der Waals surface area contributed by atoms with Crippen molar-refractivity contribution in [1.29, 1.82) is 0 Å². The van der Waals surface area contributed by atoms with E-state index in [0.29, 0.717) is 43.5 Å². The van der Waals surface area contributed by atoms with E-state index in [9.17, 15) is 4.79 Å².